The molecule has 0 aliphatic carbocycles. The summed E-state index contributed by atoms with van der Waals surface area (Å²) in [7, 11) is 0. The fourth-order valence-corrected chi connectivity index (χ4v) is 2.51. The van der Waals surface area contributed by atoms with Gasteiger partial charge in [-0.1, -0.05) is 13.8 Å². The van der Waals surface area contributed by atoms with Gasteiger partial charge < -0.3 is 16.0 Å². The largest absolute Gasteiger partial charge is 0.397 e. The van der Waals surface area contributed by atoms with Gasteiger partial charge in [0.25, 0.3) is 0 Å². The number of fused-ring (bicyclic) bond motifs is 1. The van der Waals surface area contributed by atoms with E-state index in [4.69, 9.17) is 5.73 Å². The molecule has 0 unspecified atom stereocenters. The first kappa shape index (κ1) is 13.7. The van der Waals surface area contributed by atoms with Crippen LogP contribution in [0.15, 0.2) is 12.1 Å². The number of carbonyl (C=O) groups is 1. The van der Waals surface area contributed by atoms with Crippen molar-refractivity contribution in [2.45, 2.75) is 40.2 Å². The SMILES string of the molecule is CC(C)CN(c1cc2c(cc1N)CC(=O)N2)C(C)C. The third kappa shape index (κ3) is 2.83. The number of rotatable bonds is 4. The van der Waals surface area contributed by atoms with Gasteiger partial charge >= 0.3 is 0 Å². The molecule has 0 radical (unpaired) electrons. The fourth-order valence-electron chi connectivity index (χ4n) is 2.51. The molecule has 2 rings (SSSR count). The molecule has 0 aromatic heterocycles. The molecule has 1 aromatic carbocycles. The van der Waals surface area contributed by atoms with Crippen molar-refractivity contribution < 1.29 is 4.79 Å². The highest BCUT2D eigenvalue weighted by Gasteiger charge is 2.22. The van der Waals surface area contributed by atoms with Gasteiger partial charge in [0.05, 0.1) is 17.8 Å². The summed E-state index contributed by atoms with van der Waals surface area (Å²) in [5, 5.41) is 2.89. The lowest BCUT2D eigenvalue weighted by molar-refractivity contribution is -0.115. The van der Waals surface area contributed by atoms with Gasteiger partial charge in [0.1, 0.15) is 0 Å². The molecular weight excluding hydrogens is 238 g/mol. The Hall–Kier alpha value is -1.71. The Morgan fingerprint density at radius 1 is 1.32 bits per heavy atom. The maximum Gasteiger partial charge on any atom is 0.228 e. The van der Waals surface area contributed by atoms with Gasteiger partial charge in [0.2, 0.25) is 5.91 Å². The van der Waals surface area contributed by atoms with Crippen LogP contribution in [0.4, 0.5) is 17.1 Å². The maximum atomic E-state index is 11.4. The van der Waals surface area contributed by atoms with Crippen LogP contribution in [-0.4, -0.2) is 18.5 Å². The van der Waals surface area contributed by atoms with E-state index >= 15 is 0 Å². The lowest BCUT2D eigenvalue weighted by atomic mass is 10.1. The molecule has 1 amide bonds. The van der Waals surface area contributed by atoms with Crippen LogP contribution in [0.3, 0.4) is 0 Å². The predicted molar refractivity (Wildman–Crippen MR) is 80.5 cm³/mol. The first-order chi connectivity index (χ1) is 8.88. The van der Waals surface area contributed by atoms with Crippen molar-refractivity contribution in [3.05, 3.63) is 17.7 Å². The summed E-state index contributed by atoms with van der Waals surface area (Å²) in [5.74, 6) is 0.608. The molecule has 4 heteroatoms. The van der Waals surface area contributed by atoms with Gasteiger partial charge in [0.15, 0.2) is 0 Å². The zero-order valence-electron chi connectivity index (χ0n) is 12.2. The molecule has 104 valence electrons. The topological polar surface area (TPSA) is 58.4 Å². The minimum absolute atomic E-state index is 0.0477. The second-order valence-electron chi connectivity index (χ2n) is 5.93. The van der Waals surface area contributed by atoms with Crippen molar-refractivity contribution in [3.8, 4) is 0 Å². The quantitative estimate of drug-likeness (QED) is 0.819. The Bertz CT molecular complexity index is 494. The van der Waals surface area contributed by atoms with Gasteiger partial charge in [-0.3, -0.25) is 4.79 Å². The Morgan fingerprint density at radius 3 is 2.58 bits per heavy atom. The van der Waals surface area contributed by atoms with E-state index in [0.29, 0.717) is 18.4 Å². The van der Waals surface area contributed by atoms with Crippen LogP contribution in [0.5, 0.6) is 0 Å². The molecule has 0 atom stereocenters. The molecule has 3 N–H and O–H groups in total. The standard InChI is InChI=1S/C15H23N3O/c1-9(2)8-18(10(3)4)14-7-13-11(5-12(14)16)6-15(19)17-13/h5,7,9-10H,6,8,16H2,1-4H3,(H,17,19). The highest BCUT2D eigenvalue weighted by molar-refractivity contribution is 6.00. The van der Waals surface area contributed by atoms with Gasteiger partial charge in [-0.15, -0.1) is 0 Å². The Kier molecular flexibility index (Phi) is 3.69. The lowest BCUT2D eigenvalue weighted by Gasteiger charge is -2.32. The molecule has 4 nitrogen and oxygen atoms in total. The first-order valence-electron chi connectivity index (χ1n) is 6.87. The van der Waals surface area contributed by atoms with Gasteiger partial charge in [-0.05, 0) is 37.5 Å². The number of benzene rings is 1. The number of carbonyl (C=O) groups excluding carboxylic acids is 1. The summed E-state index contributed by atoms with van der Waals surface area (Å²) in [6.07, 6.45) is 0.436. The molecule has 0 fully saturated rings. The normalized spacial score (nSPS) is 13.9. The van der Waals surface area contributed by atoms with E-state index in [1.54, 1.807) is 0 Å². The average Bonchev–Trinajstić information content (AvgIpc) is 2.63. The zero-order chi connectivity index (χ0) is 14.2. The highest BCUT2D eigenvalue weighted by Crippen LogP contribution is 2.34. The van der Waals surface area contributed by atoms with E-state index in [2.05, 4.69) is 37.9 Å². The number of amides is 1. The summed E-state index contributed by atoms with van der Waals surface area (Å²) in [4.78, 5) is 13.7. The van der Waals surface area contributed by atoms with Crippen molar-refractivity contribution in [2.75, 3.05) is 22.5 Å². The number of anilines is 3. The Labute approximate surface area is 115 Å². The minimum atomic E-state index is 0.0477. The van der Waals surface area contributed by atoms with E-state index in [1.807, 2.05) is 12.1 Å². The number of hydrogen-bond acceptors (Lipinski definition) is 3. The number of nitrogens with zero attached hydrogens (tertiary/aromatic N) is 1. The molecule has 0 saturated carbocycles. The number of nitrogens with one attached hydrogen (secondary N) is 1. The first-order valence-corrected chi connectivity index (χ1v) is 6.87. The molecule has 1 aromatic rings. The van der Waals surface area contributed by atoms with Crippen molar-refractivity contribution in [2.24, 2.45) is 5.92 Å². The summed E-state index contributed by atoms with van der Waals surface area (Å²) < 4.78 is 0. The maximum absolute atomic E-state index is 11.4. The lowest BCUT2D eigenvalue weighted by Crippen LogP contribution is -2.34. The molecule has 0 bridgehead atoms. The van der Waals surface area contributed by atoms with Crippen LogP contribution in [0.2, 0.25) is 0 Å². The van der Waals surface area contributed by atoms with Gasteiger partial charge in [0, 0.05) is 18.3 Å². The molecular formula is C15H23N3O. The highest BCUT2D eigenvalue weighted by atomic mass is 16.1. The minimum Gasteiger partial charge on any atom is -0.397 e. The summed E-state index contributed by atoms with van der Waals surface area (Å²) in [6.45, 7) is 9.66. The summed E-state index contributed by atoms with van der Waals surface area (Å²) in [5.41, 5.74) is 9.85. The van der Waals surface area contributed by atoms with E-state index in [1.165, 1.54) is 0 Å². The van der Waals surface area contributed by atoms with Crippen LogP contribution in [0, 0.1) is 5.92 Å². The molecule has 1 aliphatic heterocycles. The molecule has 0 spiro atoms. The van der Waals surface area contributed by atoms with Crippen LogP contribution in [0.1, 0.15) is 33.3 Å². The molecule has 1 heterocycles. The molecule has 19 heavy (non-hydrogen) atoms. The van der Waals surface area contributed by atoms with Crippen LogP contribution in [0.25, 0.3) is 0 Å². The van der Waals surface area contributed by atoms with Crippen molar-refractivity contribution in [1.82, 2.24) is 0 Å². The summed E-state index contributed by atoms with van der Waals surface area (Å²) >= 11 is 0. The van der Waals surface area contributed by atoms with Crippen LogP contribution >= 0.6 is 0 Å². The predicted octanol–water partition coefficient (Wildman–Crippen LogP) is 2.63. The smallest absolute Gasteiger partial charge is 0.228 e. The second kappa shape index (κ2) is 5.11. The monoisotopic (exact) mass is 261 g/mol. The van der Waals surface area contributed by atoms with Crippen LogP contribution in [-0.2, 0) is 11.2 Å². The fraction of sp³-hybridized carbons (Fsp3) is 0.533. The van der Waals surface area contributed by atoms with Crippen molar-refractivity contribution in [1.29, 1.82) is 0 Å². The molecule has 0 saturated heterocycles. The Balaban J connectivity index is 2.38. The average molecular weight is 261 g/mol. The third-order valence-electron chi connectivity index (χ3n) is 3.37. The third-order valence-corrected chi connectivity index (χ3v) is 3.37. The number of hydrogen-bond donors (Lipinski definition) is 2. The van der Waals surface area contributed by atoms with E-state index in [9.17, 15) is 4.79 Å². The van der Waals surface area contributed by atoms with Gasteiger partial charge in [-0.2, -0.15) is 0 Å². The Morgan fingerprint density at radius 2 is 2.00 bits per heavy atom. The zero-order valence-corrected chi connectivity index (χ0v) is 12.2. The van der Waals surface area contributed by atoms with E-state index in [-0.39, 0.29) is 5.91 Å². The van der Waals surface area contributed by atoms with Crippen LogP contribution < -0.4 is 16.0 Å². The number of nitrogen functional groups attached to an aromatic ring is 1. The van der Waals surface area contributed by atoms with Crippen molar-refractivity contribution >= 4 is 23.0 Å². The second-order valence-corrected chi connectivity index (χ2v) is 5.93. The van der Waals surface area contributed by atoms with Gasteiger partial charge in [-0.25, -0.2) is 0 Å². The summed E-state index contributed by atoms with van der Waals surface area (Å²) in [6, 6.07) is 4.32. The van der Waals surface area contributed by atoms with E-state index in [0.717, 1.165) is 29.2 Å². The number of nitrogens with two attached hydrogens (primary N) is 1. The van der Waals surface area contributed by atoms with Crippen molar-refractivity contribution in [3.63, 3.8) is 0 Å². The van der Waals surface area contributed by atoms with E-state index < -0.39 is 0 Å². The molecule has 1 aliphatic rings.